The maximum atomic E-state index is 13.7. The second kappa shape index (κ2) is 8.27. The fourth-order valence-electron chi connectivity index (χ4n) is 3.24. The van der Waals surface area contributed by atoms with Gasteiger partial charge in [0.15, 0.2) is 0 Å². The van der Waals surface area contributed by atoms with Gasteiger partial charge in [-0.3, -0.25) is 9.69 Å². The smallest absolute Gasteiger partial charge is 0.257 e. The number of aromatic nitrogens is 1. The van der Waals surface area contributed by atoms with Crippen LogP contribution in [0.25, 0.3) is 0 Å². The van der Waals surface area contributed by atoms with Crippen molar-refractivity contribution in [2.75, 3.05) is 51.7 Å². The van der Waals surface area contributed by atoms with Crippen LogP contribution < -0.4 is 4.90 Å². The molecule has 1 aliphatic rings. The predicted molar refractivity (Wildman–Crippen MR) is 101 cm³/mol. The topological polar surface area (TPSA) is 39.7 Å². The maximum absolute atomic E-state index is 13.7. The first kappa shape index (κ1) is 18.3. The molecule has 0 radical (unpaired) electrons. The van der Waals surface area contributed by atoms with Crippen molar-refractivity contribution in [2.45, 2.75) is 6.42 Å². The number of carbonyl (C=O) groups excluding carboxylic acids is 1. The van der Waals surface area contributed by atoms with Crippen molar-refractivity contribution in [3.63, 3.8) is 0 Å². The molecule has 0 aliphatic carbocycles. The maximum Gasteiger partial charge on any atom is 0.257 e. The number of rotatable bonds is 5. The summed E-state index contributed by atoms with van der Waals surface area (Å²) in [6.45, 7) is 3.77. The zero-order chi connectivity index (χ0) is 18.5. The van der Waals surface area contributed by atoms with E-state index in [0.717, 1.165) is 25.2 Å². The van der Waals surface area contributed by atoms with E-state index in [4.69, 9.17) is 0 Å². The molecule has 5 nitrogen and oxygen atoms in total. The number of carbonyl (C=O) groups is 1. The number of anilines is 1. The fourth-order valence-corrected chi connectivity index (χ4v) is 3.24. The molecule has 1 aromatic carbocycles. The minimum absolute atomic E-state index is 0.0237. The van der Waals surface area contributed by atoms with E-state index < -0.39 is 0 Å². The van der Waals surface area contributed by atoms with Crippen LogP contribution in [0, 0.1) is 5.82 Å². The van der Waals surface area contributed by atoms with Crippen LogP contribution in [-0.4, -0.2) is 67.5 Å². The highest BCUT2D eigenvalue weighted by atomic mass is 19.1. The lowest BCUT2D eigenvalue weighted by atomic mass is 10.1. The summed E-state index contributed by atoms with van der Waals surface area (Å²) >= 11 is 0. The lowest BCUT2D eigenvalue weighted by Gasteiger charge is -2.35. The number of pyridine rings is 1. The molecule has 1 aliphatic heterocycles. The average Bonchev–Trinajstić information content (AvgIpc) is 2.67. The van der Waals surface area contributed by atoms with Gasteiger partial charge in [0.1, 0.15) is 11.6 Å². The highest BCUT2D eigenvalue weighted by molar-refractivity contribution is 5.98. The second-order valence-electron chi connectivity index (χ2n) is 6.74. The number of amides is 1. The van der Waals surface area contributed by atoms with Gasteiger partial charge >= 0.3 is 0 Å². The van der Waals surface area contributed by atoms with Crippen LogP contribution >= 0.6 is 0 Å². The molecule has 2 aromatic rings. The first-order valence-electron chi connectivity index (χ1n) is 8.93. The summed E-state index contributed by atoms with van der Waals surface area (Å²) in [5.74, 6) is 0.573. The van der Waals surface area contributed by atoms with Gasteiger partial charge in [0.05, 0.1) is 5.56 Å². The molecular weight excluding hydrogens is 331 g/mol. The summed E-state index contributed by atoms with van der Waals surface area (Å²) < 4.78 is 13.7. The molecule has 1 saturated heterocycles. The van der Waals surface area contributed by atoms with E-state index in [0.29, 0.717) is 30.9 Å². The Kier molecular flexibility index (Phi) is 5.83. The van der Waals surface area contributed by atoms with Crippen LogP contribution in [0.3, 0.4) is 0 Å². The van der Waals surface area contributed by atoms with Crippen molar-refractivity contribution in [1.29, 1.82) is 0 Å². The van der Waals surface area contributed by atoms with Crippen LogP contribution in [-0.2, 0) is 6.42 Å². The Morgan fingerprint density at radius 3 is 2.54 bits per heavy atom. The quantitative estimate of drug-likeness (QED) is 0.824. The molecule has 0 atom stereocenters. The van der Waals surface area contributed by atoms with Gasteiger partial charge in [0.25, 0.3) is 5.91 Å². The van der Waals surface area contributed by atoms with E-state index in [1.165, 1.54) is 6.07 Å². The molecule has 1 fully saturated rings. The van der Waals surface area contributed by atoms with Gasteiger partial charge in [0.2, 0.25) is 0 Å². The highest BCUT2D eigenvalue weighted by Gasteiger charge is 2.24. The lowest BCUT2D eigenvalue weighted by molar-refractivity contribution is 0.0638. The summed E-state index contributed by atoms with van der Waals surface area (Å²) in [4.78, 5) is 23.2. The molecule has 138 valence electrons. The summed E-state index contributed by atoms with van der Waals surface area (Å²) in [5.41, 5.74) is 1.38. The van der Waals surface area contributed by atoms with Gasteiger partial charge in [-0.2, -0.15) is 0 Å². The van der Waals surface area contributed by atoms with Gasteiger partial charge in [-0.25, -0.2) is 9.37 Å². The van der Waals surface area contributed by atoms with E-state index >= 15 is 0 Å². The van der Waals surface area contributed by atoms with E-state index in [9.17, 15) is 9.18 Å². The van der Waals surface area contributed by atoms with E-state index in [-0.39, 0.29) is 11.7 Å². The Morgan fingerprint density at radius 1 is 1.12 bits per heavy atom. The molecule has 1 amide bonds. The van der Waals surface area contributed by atoms with Crippen molar-refractivity contribution in [2.24, 2.45) is 0 Å². The van der Waals surface area contributed by atoms with Crippen molar-refractivity contribution < 1.29 is 9.18 Å². The molecule has 1 aromatic heterocycles. The van der Waals surface area contributed by atoms with Crippen LogP contribution in [0.1, 0.15) is 15.9 Å². The van der Waals surface area contributed by atoms with E-state index in [1.807, 2.05) is 42.1 Å². The van der Waals surface area contributed by atoms with Gasteiger partial charge in [-0.05, 0) is 30.2 Å². The predicted octanol–water partition coefficient (Wildman–Crippen LogP) is 2.29. The number of hydrogen-bond donors (Lipinski definition) is 0. The molecule has 6 heteroatoms. The fraction of sp³-hybridized carbons (Fsp3) is 0.400. The summed E-state index contributed by atoms with van der Waals surface area (Å²) in [6, 6.07) is 10.5. The Balaban J connectivity index is 1.55. The molecule has 2 heterocycles. The van der Waals surface area contributed by atoms with Crippen LogP contribution in [0.4, 0.5) is 10.2 Å². The van der Waals surface area contributed by atoms with Gasteiger partial charge in [-0.1, -0.05) is 18.2 Å². The molecule has 0 unspecified atom stereocenters. The monoisotopic (exact) mass is 356 g/mol. The molecule has 0 saturated carbocycles. The molecule has 3 rings (SSSR count). The summed E-state index contributed by atoms with van der Waals surface area (Å²) in [6.07, 6.45) is 2.39. The standard InChI is InChI=1S/C20H25FN4O/c1-23(2)19-17(7-5-10-22-19)20(26)25-14-12-24(13-15-25)11-9-16-6-3-4-8-18(16)21/h3-8,10H,9,11-15H2,1-2H3. The minimum Gasteiger partial charge on any atom is -0.362 e. The molecular formula is C20H25FN4O. The Hall–Kier alpha value is -2.47. The van der Waals surface area contributed by atoms with Gasteiger partial charge in [0, 0.05) is 53.0 Å². The van der Waals surface area contributed by atoms with Crippen LogP contribution in [0.5, 0.6) is 0 Å². The first-order valence-corrected chi connectivity index (χ1v) is 8.93. The lowest BCUT2D eigenvalue weighted by Crippen LogP contribution is -2.49. The van der Waals surface area contributed by atoms with Crippen LogP contribution in [0.2, 0.25) is 0 Å². The highest BCUT2D eigenvalue weighted by Crippen LogP contribution is 2.18. The van der Waals surface area contributed by atoms with Crippen molar-refractivity contribution in [3.8, 4) is 0 Å². The third-order valence-electron chi connectivity index (χ3n) is 4.76. The van der Waals surface area contributed by atoms with E-state index in [2.05, 4.69) is 9.88 Å². The zero-order valence-corrected chi connectivity index (χ0v) is 15.4. The number of nitrogens with zero attached hydrogens (tertiary/aromatic N) is 4. The number of piperazine rings is 1. The van der Waals surface area contributed by atoms with Crippen molar-refractivity contribution >= 4 is 11.7 Å². The molecule has 0 bridgehead atoms. The number of benzene rings is 1. The third kappa shape index (κ3) is 4.19. The minimum atomic E-state index is -0.144. The normalized spacial score (nSPS) is 15.1. The first-order chi connectivity index (χ1) is 12.6. The number of halogens is 1. The van der Waals surface area contributed by atoms with Gasteiger partial charge in [-0.15, -0.1) is 0 Å². The summed E-state index contributed by atoms with van der Waals surface area (Å²) in [7, 11) is 3.78. The van der Waals surface area contributed by atoms with Crippen molar-refractivity contribution in [1.82, 2.24) is 14.8 Å². The molecule has 0 spiro atoms. The number of hydrogen-bond acceptors (Lipinski definition) is 4. The average molecular weight is 356 g/mol. The SMILES string of the molecule is CN(C)c1ncccc1C(=O)N1CCN(CCc2ccccc2F)CC1. The summed E-state index contributed by atoms with van der Waals surface area (Å²) in [5, 5.41) is 0. The van der Waals surface area contributed by atoms with Crippen LogP contribution in [0.15, 0.2) is 42.6 Å². The second-order valence-corrected chi connectivity index (χ2v) is 6.74. The van der Waals surface area contributed by atoms with Crippen molar-refractivity contribution in [3.05, 3.63) is 59.5 Å². The Labute approximate surface area is 154 Å². The zero-order valence-electron chi connectivity index (χ0n) is 15.4. The van der Waals surface area contributed by atoms with Gasteiger partial charge < -0.3 is 9.80 Å². The van der Waals surface area contributed by atoms with E-state index in [1.54, 1.807) is 18.3 Å². The largest absolute Gasteiger partial charge is 0.362 e. The third-order valence-corrected chi connectivity index (χ3v) is 4.76. The Morgan fingerprint density at radius 2 is 1.85 bits per heavy atom. The Bertz CT molecular complexity index is 757. The molecule has 26 heavy (non-hydrogen) atoms. The molecule has 0 N–H and O–H groups in total.